The Morgan fingerprint density at radius 1 is 1.32 bits per heavy atom. The summed E-state index contributed by atoms with van der Waals surface area (Å²) in [6, 6.07) is 4.85. The second-order valence-corrected chi connectivity index (χ2v) is 6.03. The molecule has 1 amide bonds. The van der Waals surface area contributed by atoms with Gasteiger partial charge in [0.05, 0.1) is 0 Å². The Morgan fingerprint density at radius 2 is 2.05 bits per heavy atom. The summed E-state index contributed by atoms with van der Waals surface area (Å²) >= 11 is 0. The number of hydrogen-bond donors (Lipinski definition) is 2. The monoisotopic (exact) mass is 305 g/mol. The molecule has 0 bridgehead atoms. The van der Waals surface area contributed by atoms with Gasteiger partial charge in [-0.3, -0.25) is 4.79 Å². The molecule has 1 aliphatic carbocycles. The number of nitrogens with one attached hydrogen (secondary N) is 1. The van der Waals surface area contributed by atoms with Crippen LogP contribution in [0.2, 0.25) is 0 Å². The predicted octanol–water partition coefficient (Wildman–Crippen LogP) is 2.55. The number of esters is 1. The van der Waals surface area contributed by atoms with Gasteiger partial charge in [0.25, 0.3) is 5.91 Å². The quantitative estimate of drug-likeness (QED) is 0.838. The van der Waals surface area contributed by atoms with Crippen molar-refractivity contribution in [1.29, 1.82) is 0 Å². The minimum absolute atomic E-state index is 0.0736. The Morgan fingerprint density at radius 3 is 2.73 bits per heavy atom. The van der Waals surface area contributed by atoms with Crippen LogP contribution in [0.5, 0.6) is 5.75 Å². The first-order valence-corrected chi connectivity index (χ1v) is 7.73. The average Bonchev–Trinajstić information content (AvgIpc) is 2.47. The van der Waals surface area contributed by atoms with E-state index in [1.807, 2.05) is 6.92 Å². The normalized spacial score (nSPS) is 21.2. The number of aryl methyl sites for hydroxylation is 1. The van der Waals surface area contributed by atoms with Gasteiger partial charge in [-0.2, -0.15) is 0 Å². The number of ether oxygens (including phenoxy) is 1. The third kappa shape index (κ3) is 4.23. The molecule has 0 radical (unpaired) electrons. The van der Waals surface area contributed by atoms with E-state index < -0.39 is 5.97 Å². The van der Waals surface area contributed by atoms with Crippen molar-refractivity contribution in [3.8, 4) is 5.75 Å². The van der Waals surface area contributed by atoms with Crippen molar-refractivity contribution < 1.29 is 19.4 Å². The second-order valence-electron chi connectivity index (χ2n) is 6.03. The molecule has 1 aromatic carbocycles. The van der Waals surface area contributed by atoms with Gasteiger partial charge in [0.1, 0.15) is 11.3 Å². The predicted molar refractivity (Wildman–Crippen MR) is 82.7 cm³/mol. The summed E-state index contributed by atoms with van der Waals surface area (Å²) in [5.41, 5.74) is 0.919. The fourth-order valence-corrected chi connectivity index (χ4v) is 2.80. The van der Waals surface area contributed by atoms with Crippen LogP contribution in [0.15, 0.2) is 18.2 Å². The van der Waals surface area contributed by atoms with Gasteiger partial charge in [-0.15, -0.1) is 0 Å². The molecule has 1 aliphatic rings. The van der Waals surface area contributed by atoms with E-state index in [2.05, 4.69) is 12.2 Å². The largest absolute Gasteiger partial charge is 0.507 e. The zero-order chi connectivity index (χ0) is 16.1. The molecule has 0 spiro atoms. The highest BCUT2D eigenvalue weighted by molar-refractivity contribution is 5.93. The minimum atomic E-state index is -0.690. The molecule has 1 fully saturated rings. The van der Waals surface area contributed by atoms with Crippen LogP contribution in [0, 0.1) is 12.8 Å². The molecule has 22 heavy (non-hydrogen) atoms. The Bertz CT molecular complexity index is 556. The van der Waals surface area contributed by atoms with Gasteiger partial charge in [-0.05, 0) is 43.4 Å². The Balaban J connectivity index is 1.84. The fraction of sp³-hybridized carbons (Fsp3) is 0.529. The zero-order valence-electron chi connectivity index (χ0n) is 13.1. The van der Waals surface area contributed by atoms with E-state index in [9.17, 15) is 14.7 Å². The van der Waals surface area contributed by atoms with Gasteiger partial charge in [0, 0.05) is 6.04 Å². The maximum Gasteiger partial charge on any atom is 0.342 e. The van der Waals surface area contributed by atoms with Crippen molar-refractivity contribution in [1.82, 2.24) is 5.32 Å². The molecule has 5 heteroatoms. The van der Waals surface area contributed by atoms with E-state index >= 15 is 0 Å². The third-order valence-corrected chi connectivity index (χ3v) is 4.17. The van der Waals surface area contributed by atoms with Crippen LogP contribution < -0.4 is 5.32 Å². The molecule has 0 saturated heterocycles. The van der Waals surface area contributed by atoms with E-state index in [1.54, 1.807) is 6.07 Å². The zero-order valence-corrected chi connectivity index (χ0v) is 13.1. The number of amides is 1. The van der Waals surface area contributed by atoms with Crippen molar-refractivity contribution in [2.24, 2.45) is 5.92 Å². The molecular weight excluding hydrogens is 282 g/mol. The number of aromatic hydroxyl groups is 1. The van der Waals surface area contributed by atoms with Crippen molar-refractivity contribution in [2.75, 3.05) is 6.61 Å². The smallest absolute Gasteiger partial charge is 0.342 e. The number of carbonyl (C=O) groups is 2. The van der Waals surface area contributed by atoms with Gasteiger partial charge < -0.3 is 15.2 Å². The molecule has 0 aliphatic heterocycles. The molecule has 1 aromatic rings. The molecule has 1 saturated carbocycles. The fourth-order valence-electron chi connectivity index (χ4n) is 2.80. The van der Waals surface area contributed by atoms with E-state index in [1.165, 1.54) is 18.6 Å². The van der Waals surface area contributed by atoms with Gasteiger partial charge in [-0.1, -0.05) is 25.8 Å². The highest BCUT2D eigenvalue weighted by Gasteiger charge is 2.23. The lowest BCUT2D eigenvalue weighted by Gasteiger charge is -2.29. The van der Waals surface area contributed by atoms with Crippen LogP contribution >= 0.6 is 0 Å². The molecular formula is C17H23NO4. The van der Waals surface area contributed by atoms with E-state index in [0.717, 1.165) is 24.8 Å². The second kappa shape index (κ2) is 7.29. The number of rotatable bonds is 4. The molecule has 0 unspecified atom stereocenters. The number of carbonyl (C=O) groups excluding carboxylic acids is 2. The maximum atomic E-state index is 11.9. The van der Waals surface area contributed by atoms with Crippen LogP contribution in [0.3, 0.4) is 0 Å². The summed E-state index contributed by atoms with van der Waals surface area (Å²) in [6.07, 6.45) is 4.41. The molecule has 2 rings (SSSR count). The van der Waals surface area contributed by atoms with Crippen molar-refractivity contribution >= 4 is 11.9 Å². The first kappa shape index (κ1) is 16.3. The average molecular weight is 305 g/mol. The molecule has 5 nitrogen and oxygen atoms in total. The first-order chi connectivity index (χ1) is 10.5. The Kier molecular flexibility index (Phi) is 5.41. The highest BCUT2D eigenvalue weighted by Crippen LogP contribution is 2.23. The highest BCUT2D eigenvalue weighted by atomic mass is 16.5. The van der Waals surface area contributed by atoms with E-state index in [4.69, 9.17) is 4.74 Å². The summed E-state index contributed by atoms with van der Waals surface area (Å²) in [7, 11) is 0. The molecule has 2 atom stereocenters. The minimum Gasteiger partial charge on any atom is -0.507 e. The van der Waals surface area contributed by atoms with Crippen LogP contribution in [0.1, 0.15) is 48.5 Å². The van der Waals surface area contributed by atoms with Crippen molar-refractivity contribution in [3.05, 3.63) is 29.3 Å². The Hall–Kier alpha value is -2.04. The number of hydrogen-bond acceptors (Lipinski definition) is 4. The molecule has 120 valence electrons. The Labute approximate surface area is 130 Å². The van der Waals surface area contributed by atoms with Crippen molar-refractivity contribution in [2.45, 2.75) is 45.6 Å². The lowest BCUT2D eigenvalue weighted by molar-refractivity contribution is -0.125. The summed E-state index contributed by atoms with van der Waals surface area (Å²) in [5.74, 6) is -0.663. The van der Waals surface area contributed by atoms with Gasteiger partial charge in [-0.25, -0.2) is 4.79 Å². The summed E-state index contributed by atoms with van der Waals surface area (Å²) in [6.45, 7) is 3.61. The number of phenols is 1. The summed E-state index contributed by atoms with van der Waals surface area (Å²) in [4.78, 5) is 23.8. The van der Waals surface area contributed by atoms with E-state index in [-0.39, 0.29) is 29.9 Å². The summed E-state index contributed by atoms with van der Waals surface area (Å²) in [5, 5.41) is 12.6. The number of benzene rings is 1. The topological polar surface area (TPSA) is 75.6 Å². The van der Waals surface area contributed by atoms with E-state index in [0.29, 0.717) is 5.92 Å². The first-order valence-electron chi connectivity index (χ1n) is 7.73. The standard InChI is InChI=1S/C17H23NO4/c1-11-7-8-13(15(19)9-11)17(21)22-10-16(20)18-14-6-4-3-5-12(14)2/h7-9,12,14,19H,3-6,10H2,1-2H3,(H,18,20)/t12-,14-/m1/s1. The van der Waals surface area contributed by atoms with Crippen LogP contribution in [-0.4, -0.2) is 29.6 Å². The van der Waals surface area contributed by atoms with Gasteiger partial charge in [0.2, 0.25) is 0 Å². The van der Waals surface area contributed by atoms with Crippen LogP contribution in [0.25, 0.3) is 0 Å². The van der Waals surface area contributed by atoms with Gasteiger partial charge in [0.15, 0.2) is 6.61 Å². The lowest BCUT2D eigenvalue weighted by Crippen LogP contribution is -2.42. The molecule has 0 aromatic heterocycles. The van der Waals surface area contributed by atoms with Crippen LogP contribution in [-0.2, 0) is 9.53 Å². The van der Waals surface area contributed by atoms with Crippen molar-refractivity contribution in [3.63, 3.8) is 0 Å². The molecule has 2 N–H and O–H groups in total. The molecule has 0 heterocycles. The maximum absolute atomic E-state index is 11.9. The third-order valence-electron chi connectivity index (χ3n) is 4.17. The lowest BCUT2D eigenvalue weighted by atomic mass is 9.86. The van der Waals surface area contributed by atoms with Gasteiger partial charge >= 0.3 is 5.97 Å². The number of phenolic OH excluding ortho intramolecular Hbond substituents is 1. The SMILES string of the molecule is Cc1ccc(C(=O)OCC(=O)N[C@@H]2CCCC[C@H]2C)c(O)c1. The summed E-state index contributed by atoms with van der Waals surface area (Å²) < 4.78 is 4.98. The van der Waals surface area contributed by atoms with Crippen LogP contribution in [0.4, 0.5) is 0 Å².